The minimum absolute atomic E-state index is 0.443. The molecule has 4 unspecified atom stereocenters. The van der Waals surface area contributed by atoms with Crippen molar-refractivity contribution in [1.29, 1.82) is 21.2 Å². The quantitative estimate of drug-likeness (QED) is 0.782. The number of hydrogen-bond donors (Lipinski definition) is 1. The maximum Gasteiger partial charge on any atom is 0.219 e. The fourth-order valence-electron chi connectivity index (χ4n) is 4.93. The summed E-state index contributed by atoms with van der Waals surface area (Å²) >= 11 is 0. The maximum atomic E-state index is 10.5. The SMILES string of the molecule is COc1ccc(C2OC3(C)OC(=N)C(C#N)(C3c3ccccc3OC)C2(C#N)C#N)cc1. The molecule has 0 amide bonds. The molecule has 2 heterocycles. The second-order valence-corrected chi connectivity index (χ2v) is 7.84. The van der Waals surface area contributed by atoms with Gasteiger partial charge in [-0.05, 0) is 23.8 Å². The molecule has 2 saturated heterocycles. The van der Waals surface area contributed by atoms with E-state index in [1.165, 1.54) is 14.2 Å². The van der Waals surface area contributed by atoms with E-state index in [0.717, 1.165) is 0 Å². The molecule has 2 aromatic rings. The smallest absolute Gasteiger partial charge is 0.219 e. The molecule has 2 aliphatic heterocycles. The molecule has 32 heavy (non-hydrogen) atoms. The summed E-state index contributed by atoms with van der Waals surface area (Å²) in [5.74, 6) is -1.90. The monoisotopic (exact) mass is 428 g/mol. The van der Waals surface area contributed by atoms with E-state index < -0.39 is 34.5 Å². The first-order valence-corrected chi connectivity index (χ1v) is 9.84. The number of nitriles is 3. The molecular formula is C24H20N4O4. The molecule has 1 N–H and O–H groups in total. The average Bonchev–Trinajstić information content (AvgIpc) is 3.01. The summed E-state index contributed by atoms with van der Waals surface area (Å²) in [6.07, 6.45) is -1.15. The van der Waals surface area contributed by atoms with Crippen LogP contribution in [-0.4, -0.2) is 25.9 Å². The summed E-state index contributed by atoms with van der Waals surface area (Å²) in [7, 11) is 3.01. The van der Waals surface area contributed by atoms with Crippen LogP contribution in [0.2, 0.25) is 0 Å². The van der Waals surface area contributed by atoms with Crippen LogP contribution in [0.5, 0.6) is 11.5 Å². The molecule has 8 nitrogen and oxygen atoms in total. The van der Waals surface area contributed by atoms with Gasteiger partial charge in [0.05, 0.1) is 38.3 Å². The van der Waals surface area contributed by atoms with Crippen molar-refractivity contribution in [2.45, 2.75) is 24.7 Å². The lowest BCUT2D eigenvalue weighted by atomic mass is 9.52. The topological polar surface area (TPSA) is 132 Å². The molecule has 4 atom stereocenters. The lowest BCUT2D eigenvalue weighted by Crippen LogP contribution is -2.57. The van der Waals surface area contributed by atoms with Gasteiger partial charge in [0.25, 0.3) is 0 Å². The third kappa shape index (κ3) is 2.46. The first-order chi connectivity index (χ1) is 15.4. The van der Waals surface area contributed by atoms with E-state index >= 15 is 0 Å². The second kappa shape index (κ2) is 7.27. The largest absolute Gasteiger partial charge is 0.497 e. The molecule has 4 rings (SSSR count). The van der Waals surface area contributed by atoms with E-state index in [-0.39, 0.29) is 0 Å². The first kappa shape index (κ1) is 21.2. The molecule has 0 aliphatic carbocycles. The van der Waals surface area contributed by atoms with Crippen molar-refractivity contribution >= 4 is 5.90 Å². The van der Waals surface area contributed by atoms with Crippen molar-refractivity contribution in [3.05, 3.63) is 59.7 Å². The van der Waals surface area contributed by atoms with Gasteiger partial charge in [0, 0.05) is 12.5 Å². The van der Waals surface area contributed by atoms with Crippen LogP contribution in [0.4, 0.5) is 0 Å². The molecule has 2 bridgehead atoms. The molecule has 0 spiro atoms. The minimum atomic E-state index is -2.07. The Bertz CT molecular complexity index is 1190. The zero-order valence-electron chi connectivity index (χ0n) is 17.7. The molecule has 8 heteroatoms. The van der Waals surface area contributed by atoms with Crippen LogP contribution in [0, 0.1) is 50.2 Å². The highest BCUT2D eigenvalue weighted by Gasteiger charge is 2.80. The Morgan fingerprint density at radius 3 is 2.16 bits per heavy atom. The number of nitrogens with one attached hydrogen (secondary N) is 1. The summed E-state index contributed by atoms with van der Waals surface area (Å²) < 4.78 is 22.9. The van der Waals surface area contributed by atoms with Crippen molar-refractivity contribution in [2.24, 2.45) is 10.8 Å². The van der Waals surface area contributed by atoms with E-state index in [9.17, 15) is 15.8 Å². The van der Waals surface area contributed by atoms with Gasteiger partial charge in [-0.2, -0.15) is 15.8 Å². The van der Waals surface area contributed by atoms with Gasteiger partial charge < -0.3 is 18.9 Å². The van der Waals surface area contributed by atoms with Crippen LogP contribution in [0.15, 0.2) is 48.5 Å². The maximum absolute atomic E-state index is 10.5. The highest BCUT2D eigenvalue weighted by molar-refractivity contribution is 5.90. The molecule has 160 valence electrons. The Morgan fingerprint density at radius 2 is 1.59 bits per heavy atom. The van der Waals surface area contributed by atoms with Gasteiger partial charge in [-0.15, -0.1) is 0 Å². The Labute approximate surface area is 185 Å². The summed E-state index contributed by atoms with van der Waals surface area (Å²) in [4.78, 5) is 0. The number of methoxy groups -OCH3 is 2. The molecule has 2 aliphatic rings. The van der Waals surface area contributed by atoms with E-state index in [2.05, 4.69) is 6.07 Å². The fourth-order valence-corrected chi connectivity index (χ4v) is 4.93. The van der Waals surface area contributed by atoms with Crippen LogP contribution < -0.4 is 9.47 Å². The zero-order valence-corrected chi connectivity index (χ0v) is 17.7. The van der Waals surface area contributed by atoms with Crippen LogP contribution in [0.25, 0.3) is 0 Å². The summed E-state index contributed by atoms with van der Waals surface area (Å²) in [6, 6.07) is 19.9. The van der Waals surface area contributed by atoms with Gasteiger partial charge in [-0.25, -0.2) is 0 Å². The predicted molar refractivity (Wildman–Crippen MR) is 111 cm³/mol. The normalized spacial score (nSPS) is 29.7. The highest BCUT2D eigenvalue weighted by Crippen LogP contribution is 2.70. The molecule has 2 fully saturated rings. The lowest BCUT2D eigenvalue weighted by molar-refractivity contribution is -0.253. The van der Waals surface area contributed by atoms with Crippen molar-refractivity contribution < 1.29 is 18.9 Å². The number of benzene rings is 2. The predicted octanol–water partition coefficient (Wildman–Crippen LogP) is 3.83. The van der Waals surface area contributed by atoms with E-state index in [1.807, 2.05) is 12.1 Å². The van der Waals surface area contributed by atoms with Crippen LogP contribution in [0.1, 0.15) is 30.1 Å². The summed E-state index contributed by atoms with van der Waals surface area (Å²) in [6.45, 7) is 1.62. The van der Waals surface area contributed by atoms with Gasteiger partial charge >= 0.3 is 0 Å². The molecule has 0 aromatic heterocycles. The molecular weight excluding hydrogens is 408 g/mol. The van der Waals surface area contributed by atoms with Gasteiger partial charge in [0.2, 0.25) is 17.1 Å². The Balaban J connectivity index is 2.02. The van der Waals surface area contributed by atoms with E-state index in [1.54, 1.807) is 55.5 Å². The Kier molecular flexibility index (Phi) is 4.81. The fraction of sp³-hybridized carbons (Fsp3) is 0.333. The summed E-state index contributed by atoms with van der Waals surface area (Å²) in [5, 5.41) is 39.9. The van der Waals surface area contributed by atoms with E-state index in [4.69, 9.17) is 24.4 Å². The number of para-hydroxylation sites is 1. The number of ether oxygens (including phenoxy) is 4. The average molecular weight is 428 g/mol. The lowest BCUT2D eigenvalue weighted by Gasteiger charge is -2.49. The zero-order chi connectivity index (χ0) is 23.1. The molecule has 0 radical (unpaired) electrons. The standard InChI is InChI=1S/C24H20N4O4/c1-22-19(17-6-4-5-7-18(17)30-3)24(14-27,21(28)32-22)23(12-25,13-26)20(31-22)15-8-10-16(29-2)11-9-15/h4-11,19-20,28H,1-3H3. The van der Waals surface area contributed by atoms with Gasteiger partial charge in [0.15, 0.2) is 5.41 Å². The first-order valence-electron chi connectivity index (χ1n) is 9.84. The molecule has 0 saturated carbocycles. The van der Waals surface area contributed by atoms with Crippen molar-refractivity contribution in [3.63, 3.8) is 0 Å². The van der Waals surface area contributed by atoms with Gasteiger partial charge in [0.1, 0.15) is 17.6 Å². The van der Waals surface area contributed by atoms with Crippen LogP contribution in [0.3, 0.4) is 0 Å². The number of fused-ring (bicyclic) bond motifs is 2. The van der Waals surface area contributed by atoms with Crippen LogP contribution in [-0.2, 0) is 9.47 Å². The Morgan fingerprint density at radius 1 is 0.938 bits per heavy atom. The van der Waals surface area contributed by atoms with Crippen LogP contribution >= 0.6 is 0 Å². The third-order valence-corrected chi connectivity index (χ3v) is 6.38. The van der Waals surface area contributed by atoms with Gasteiger partial charge in [-0.1, -0.05) is 30.3 Å². The number of nitrogens with zero attached hydrogens (tertiary/aromatic N) is 3. The summed E-state index contributed by atoms with van der Waals surface area (Å²) in [5.41, 5.74) is -3.00. The number of rotatable bonds is 4. The minimum Gasteiger partial charge on any atom is -0.497 e. The molecule has 2 aromatic carbocycles. The van der Waals surface area contributed by atoms with Crippen molar-refractivity contribution in [1.82, 2.24) is 0 Å². The second-order valence-electron chi connectivity index (χ2n) is 7.84. The van der Waals surface area contributed by atoms with Gasteiger partial charge in [-0.3, -0.25) is 5.41 Å². The van der Waals surface area contributed by atoms with E-state index in [0.29, 0.717) is 22.6 Å². The highest BCUT2D eigenvalue weighted by atomic mass is 16.7. The third-order valence-electron chi connectivity index (χ3n) is 6.38. The number of hydrogen-bond acceptors (Lipinski definition) is 8. The van der Waals surface area contributed by atoms with Crippen molar-refractivity contribution in [3.8, 4) is 29.7 Å². The van der Waals surface area contributed by atoms with Crippen molar-refractivity contribution in [2.75, 3.05) is 14.2 Å². The Hall–Kier alpha value is -4.06.